The normalized spacial score (nSPS) is 12.6. The van der Waals surface area contributed by atoms with Crippen LogP contribution < -0.4 is 10.1 Å². The van der Waals surface area contributed by atoms with E-state index in [1.165, 1.54) is 18.4 Å². The van der Waals surface area contributed by atoms with Crippen molar-refractivity contribution in [2.45, 2.75) is 46.1 Å². The Morgan fingerprint density at radius 2 is 1.71 bits per heavy atom. The summed E-state index contributed by atoms with van der Waals surface area (Å²) >= 11 is 0. The minimum absolute atomic E-state index is 0.333. The molecule has 1 atom stereocenters. The SMILES string of the molecule is CCCNC(CN(CCC)CCC)c1ccccc1OC. The Balaban J connectivity index is 2.87. The quantitative estimate of drug-likeness (QED) is 0.670. The van der Waals surface area contributed by atoms with Gasteiger partial charge >= 0.3 is 0 Å². The van der Waals surface area contributed by atoms with Crippen LogP contribution in [0, 0.1) is 0 Å². The molecular weight excluding hydrogens is 260 g/mol. The van der Waals surface area contributed by atoms with Crippen LogP contribution >= 0.6 is 0 Å². The van der Waals surface area contributed by atoms with E-state index < -0.39 is 0 Å². The van der Waals surface area contributed by atoms with Gasteiger partial charge in [0.2, 0.25) is 0 Å². The third-order valence-electron chi connectivity index (χ3n) is 3.68. The van der Waals surface area contributed by atoms with E-state index in [0.717, 1.165) is 38.3 Å². The number of hydrogen-bond donors (Lipinski definition) is 1. The van der Waals surface area contributed by atoms with Gasteiger partial charge in [0.1, 0.15) is 5.75 Å². The Hall–Kier alpha value is -1.06. The fraction of sp³-hybridized carbons (Fsp3) is 0.667. The summed E-state index contributed by atoms with van der Waals surface area (Å²) in [5.41, 5.74) is 1.27. The zero-order chi connectivity index (χ0) is 15.5. The van der Waals surface area contributed by atoms with Crippen molar-refractivity contribution in [2.24, 2.45) is 0 Å². The van der Waals surface area contributed by atoms with Crippen molar-refractivity contribution in [2.75, 3.05) is 33.3 Å². The van der Waals surface area contributed by atoms with Crippen molar-refractivity contribution in [3.8, 4) is 5.75 Å². The molecule has 0 aliphatic carbocycles. The summed E-state index contributed by atoms with van der Waals surface area (Å²) in [6.07, 6.45) is 3.55. The molecule has 1 aromatic carbocycles. The molecule has 0 amide bonds. The lowest BCUT2D eigenvalue weighted by Gasteiger charge is -2.29. The number of nitrogens with one attached hydrogen (secondary N) is 1. The molecule has 0 saturated carbocycles. The first-order valence-corrected chi connectivity index (χ1v) is 8.35. The lowest BCUT2D eigenvalue weighted by atomic mass is 10.0. The van der Waals surface area contributed by atoms with Crippen molar-refractivity contribution in [1.82, 2.24) is 10.2 Å². The minimum Gasteiger partial charge on any atom is -0.496 e. The third-order valence-corrected chi connectivity index (χ3v) is 3.68. The third kappa shape index (κ3) is 6.06. The molecule has 0 aliphatic heterocycles. The van der Waals surface area contributed by atoms with E-state index >= 15 is 0 Å². The zero-order valence-electron chi connectivity index (χ0n) is 14.2. The molecule has 0 aromatic heterocycles. The number of rotatable bonds is 11. The van der Waals surface area contributed by atoms with Gasteiger partial charge in [-0.25, -0.2) is 0 Å². The van der Waals surface area contributed by atoms with Gasteiger partial charge in [0.25, 0.3) is 0 Å². The molecular formula is C18H32N2O. The molecule has 120 valence electrons. The highest BCUT2D eigenvalue weighted by Gasteiger charge is 2.18. The monoisotopic (exact) mass is 292 g/mol. The smallest absolute Gasteiger partial charge is 0.123 e. The summed E-state index contributed by atoms with van der Waals surface area (Å²) in [4.78, 5) is 2.56. The van der Waals surface area contributed by atoms with Crippen LogP contribution in [0.1, 0.15) is 51.6 Å². The molecule has 1 N–H and O–H groups in total. The van der Waals surface area contributed by atoms with Gasteiger partial charge in [-0.05, 0) is 45.0 Å². The van der Waals surface area contributed by atoms with Crippen molar-refractivity contribution in [3.63, 3.8) is 0 Å². The van der Waals surface area contributed by atoms with Crippen LogP contribution in [0.5, 0.6) is 5.75 Å². The Labute approximate surface area is 130 Å². The van der Waals surface area contributed by atoms with Crippen molar-refractivity contribution >= 4 is 0 Å². The maximum atomic E-state index is 5.55. The van der Waals surface area contributed by atoms with Crippen LogP contribution in [0.2, 0.25) is 0 Å². The van der Waals surface area contributed by atoms with E-state index in [2.05, 4.69) is 49.2 Å². The van der Waals surface area contributed by atoms with E-state index in [1.54, 1.807) is 7.11 Å². The summed E-state index contributed by atoms with van der Waals surface area (Å²) < 4.78 is 5.55. The molecule has 0 saturated heterocycles. The molecule has 0 spiro atoms. The summed E-state index contributed by atoms with van der Waals surface area (Å²) in [6.45, 7) is 11.1. The summed E-state index contributed by atoms with van der Waals surface area (Å²) in [6, 6.07) is 8.71. The van der Waals surface area contributed by atoms with Crippen LogP contribution in [0.25, 0.3) is 0 Å². The number of hydrogen-bond acceptors (Lipinski definition) is 3. The molecule has 1 unspecified atom stereocenters. The van der Waals surface area contributed by atoms with Crippen LogP contribution in [-0.4, -0.2) is 38.2 Å². The van der Waals surface area contributed by atoms with E-state index in [1.807, 2.05) is 6.07 Å². The van der Waals surface area contributed by atoms with Crippen LogP contribution in [0.4, 0.5) is 0 Å². The average molecular weight is 292 g/mol. The van der Waals surface area contributed by atoms with E-state index in [4.69, 9.17) is 4.74 Å². The van der Waals surface area contributed by atoms with Crippen LogP contribution in [0.3, 0.4) is 0 Å². The molecule has 0 bridgehead atoms. The summed E-state index contributed by atoms with van der Waals surface area (Å²) in [5, 5.41) is 3.69. The lowest BCUT2D eigenvalue weighted by Crippen LogP contribution is -2.36. The molecule has 0 radical (unpaired) electrons. The largest absolute Gasteiger partial charge is 0.496 e. The fourth-order valence-electron chi connectivity index (χ4n) is 2.73. The molecule has 1 aromatic rings. The summed E-state index contributed by atoms with van der Waals surface area (Å²) in [5.74, 6) is 0.985. The second-order valence-electron chi connectivity index (χ2n) is 5.55. The van der Waals surface area contributed by atoms with E-state index in [0.29, 0.717) is 6.04 Å². The highest BCUT2D eigenvalue weighted by molar-refractivity contribution is 5.36. The second-order valence-corrected chi connectivity index (χ2v) is 5.55. The van der Waals surface area contributed by atoms with E-state index in [-0.39, 0.29) is 0 Å². The average Bonchev–Trinajstić information content (AvgIpc) is 2.51. The number of nitrogens with zero attached hydrogens (tertiary/aromatic N) is 1. The van der Waals surface area contributed by atoms with Crippen molar-refractivity contribution < 1.29 is 4.74 Å². The predicted molar refractivity (Wildman–Crippen MR) is 91.1 cm³/mol. The summed E-state index contributed by atoms with van der Waals surface area (Å²) in [7, 11) is 1.76. The van der Waals surface area contributed by atoms with Crippen molar-refractivity contribution in [3.05, 3.63) is 29.8 Å². The fourth-order valence-corrected chi connectivity index (χ4v) is 2.73. The van der Waals surface area contributed by atoms with Gasteiger partial charge in [-0.2, -0.15) is 0 Å². The van der Waals surface area contributed by atoms with Crippen molar-refractivity contribution in [1.29, 1.82) is 0 Å². The highest BCUT2D eigenvalue weighted by Crippen LogP contribution is 2.25. The van der Waals surface area contributed by atoms with Crippen LogP contribution in [0.15, 0.2) is 24.3 Å². The first kappa shape index (κ1) is 18.0. The molecule has 3 heteroatoms. The lowest BCUT2D eigenvalue weighted by molar-refractivity contribution is 0.240. The Morgan fingerprint density at radius 3 is 2.29 bits per heavy atom. The number of benzene rings is 1. The second kappa shape index (κ2) is 10.6. The van der Waals surface area contributed by atoms with Gasteiger partial charge in [0.05, 0.1) is 7.11 Å². The van der Waals surface area contributed by atoms with Gasteiger partial charge in [-0.3, -0.25) is 0 Å². The van der Waals surface area contributed by atoms with Gasteiger partial charge in [0.15, 0.2) is 0 Å². The first-order valence-electron chi connectivity index (χ1n) is 8.35. The maximum absolute atomic E-state index is 5.55. The molecule has 0 aliphatic rings. The van der Waals surface area contributed by atoms with Gasteiger partial charge in [-0.15, -0.1) is 0 Å². The molecule has 1 rings (SSSR count). The first-order chi connectivity index (χ1) is 10.3. The molecule has 21 heavy (non-hydrogen) atoms. The number of ether oxygens (including phenoxy) is 1. The number of para-hydroxylation sites is 1. The zero-order valence-corrected chi connectivity index (χ0v) is 14.2. The molecule has 0 heterocycles. The molecule has 3 nitrogen and oxygen atoms in total. The number of methoxy groups -OCH3 is 1. The topological polar surface area (TPSA) is 24.5 Å². The Bertz CT molecular complexity index is 375. The predicted octanol–water partition coefficient (Wildman–Crippen LogP) is 3.86. The molecule has 0 fully saturated rings. The standard InChI is InChI=1S/C18H32N2O/c1-5-12-19-17(15-20(13-6-2)14-7-3)16-10-8-9-11-18(16)21-4/h8-11,17,19H,5-7,12-15H2,1-4H3. The minimum atomic E-state index is 0.333. The Kier molecular flexibility index (Phi) is 9.11. The van der Waals surface area contributed by atoms with Crippen LogP contribution in [-0.2, 0) is 0 Å². The Morgan fingerprint density at radius 1 is 1.05 bits per heavy atom. The highest BCUT2D eigenvalue weighted by atomic mass is 16.5. The van der Waals surface area contributed by atoms with Gasteiger partial charge in [0, 0.05) is 18.2 Å². The van der Waals surface area contributed by atoms with E-state index in [9.17, 15) is 0 Å². The van der Waals surface area contributed by atoms with Gasteiger partial charge < -0.3 is 15.0 Å². The maximum Gasteiger partial charge on any atom is 0.123 e. The van der Waals surface area contributed by atoms with Gasteiger partial charge in [-0.1, -0.05) is 39.0 Å².